The van der Waals surface area contributed by atoms with E-state index in [1.165, 1.54) is 0 Å². The maximum Gasteiger partial charge on any atom is 0.0553 e. The summed E-state index contributed by atoms with van der Waals surface area (Å²) in [5.41, 5.74) is 2.42. The third kappa shape index (κ3) is 3.04. The number of aliphatic hydroxyl groups excluding tert-OH is 2. The second-order valence-electron chi connectivity index (χ2n) is 5.21. The van der Waals surface area contributed by atoms with Crippen LogP contribution in [0.5, 0.6) is 0 Å². The molecule has 0 fully saturated rings. The highest BCUT2D eigenvalue weighted by Gasteiger charge is 2.32. The fourth-order valence-electron chi connectivity index (χ4n) is 2.44. The lowest BCUT2D eigenvalue weighted by molar-refractivity contribution is 0.116. The number of rotatable bonds is 5. The Balaban J connectivity index is 2.42. The quantitative estimate of drug-likeness (QED) is 0.888. The Hall–Kier alpha value is -1.35. The van der Waals surface area contributed by atoms with Crippen molar-refractivity contribution < 1.29 is 10.2 Å². The van der Waals surface area contributed by atoms with E-state index in [0.717, 1.165) is 16.7 Å². The SMILES string of the molecule is Cc1ccccc1CC(CO)(CO)c1cccc(Cl)c1. The molecule has 0 aliphatic rings. The summed E-state index contributed by atoms with van der Waals surface area (Å²) in [6.07, 6.45) is 0.576. The van der Waals surface area contributed by atoms with E-state index >= 15 is 0 Å². The van der Waals surface area contributed by atoms with Crippen molar-refractivity contribution in [3.8, 4) is 0 Å². The molecule has 0 bridgehead atoms. The summed E-state index contributed by atoms with van der Waals surface area (Å²) >= 11 is 6.04. The van der Waals surface area contributed by atoms with Crippen molar-refractivity contribution in [3.63, 3.8) is 0 Å². The van der Waals surface area contributed by atoms with Gasteiger partial charge in [0.1, 0.15) is 0 Å². The molecule has 2 aromatic carbocycles. The first kappa shape index (κ1) is 15.0. The van der Waals surface area contributed by atoms with Gasteiger partial charge in [0.25, 0.3) is 0 Å². The van der Waals surface area contributed by atoms with Crippen LogP contribution in [0.2, 0.25) is 5.02 Å². The summed E-state index contributed by atoms with van der Waals surface area (Å²) in [7, 11) is 0. The predicted molar refractivity (Wildman–Crippen MR) is 82.2 cm³/mol. The van der Waals surface area contributed by atoms with Gasteiger partial charge in [-0.2, -0.15) is 0 Å². The summed E-state index contributed by atoms with van der Waals surface area (Å²) in [5, 5.41) is 20.3. The maximum atomic E-state index is 9.87. The number of hydrogen-bond acceptors (Lipinski definition) is 2. The van der Waals surface area contributed by atoms with Crippen LogP contribution >= 0.6 is 11.6 Å². The van der Waals surface area contributed by atoms with Gasteiger partial charge in [-0.3, -0.25) is 0 Å². The molecule has 2 nitrogen and oxygen atoms in total. The van der Waals surface area contributed by atoms with E-state index in [0.29, 0.717) is 11.4 Å². The molecule has 0 saturated heterocycles. The molecular weight excluding hydrogens is 272 g/mol. The minimum absolute atomic E-state index is 0.127. The molecule has 2 N–H and O–H groups in total. The molecular formula is C17H19ClO2. The van der Waals surface area contributed by atoms with Crippen LogP contribution in [0.3, 0.4) is 0 Å². The van der Waals surface area contributed by atoms with Crippen molar-refractivity contribution in [1.29, 1.82) is 0 Å². The number of hydrogen-bond donors (Lipinski definition) is 2. The molecule has 106 valence electrons. The highest BCUT2D eigenvalue weighted by Crippen LogP contribution is 2.30. The van der Waals surface area contributed by atoms with E-state index in [1.54, 1.807) is 6.07 Å². The van der Waals surface area contributed by atoms with Gasteiger partial charge < -0.3 is 10.2 Å². The molecule has 0 radical (unpaired) electrons. The lowest BCUT2D eigenvalue weighted by Crippen LogP contribution is -2.37. The molecule has 0 unspecified atom stereocenters. The van der Waals surface area contributed by atoms with Gasteiger partial charge >= 0.3 is 0 Å². The fraction of sp³-hybridized carbons (Fsp3) is 0.294. The van der Waals surface area contributed by atoms with Crippen molar-refractivity contribution in [3.05, 3.63) is 70.2 Å². The van der Waals surface area contributed by atoms with Gasteiger partial charge in [-0.25, -0.2) is 0 Å². The van der Waals surface area contributed by atoms with E-state index in [2.05, 4.69) is 0 Å². The van der Waals surface area contributed by atoms with Gasteiger partial charge in [0, 0.05) is 10.4 Å². The van der Waals surface area contributed by atoms with Crippen LogP contribution in [-0.4, -0.2) is 23.4 Å². The van der Waals surface area contributed by atoms with Gasteiger partial charge in [0.15, 0.2) is 0 Å². The second kappa shape index (κ2) is 6.40. The Kier molecular flexibility index (Phi) is 4.81. The fourth-order valence-corrected chi connectivity index (χ4v) is 2.63. The lowest BCUT2D eigenvalue weighted by Gasteiger charge is -2.31. The zero-order valence-corrected chi connectivity index (χ0v) is 12.3. The summed E-state index contributed by atoms with van der Waals surface area (Å²) in [5.74, 6) is 0. The van der Waals surface area contributed by atoms with Crippen molar-refractivity contribution in [2.24, 2.45) is 0 Å². The average Bonchev–Trinajstić information content (AvgIpc) is 2.47. The molecule has 0 spiro atoms. The topological polar surface area (TPSA) is 40.5 Å². The molecule has 3 heteroatoms. The van der Waals surface area contributed by atoms with Gasteiger partial charge in [0.2, 0.25) is 0 Å². The van der Waals surface area contributed by atoms with Crippen LogP contribution < -0.4 is 0 Å². The Morgan fingerprint density at radius 1 is 1.00 bits per heavy atom. The lowest BCUT2D eigenvalue weighted by atomic mass is 9.76. The highest BCUT2D eigenvalue weighted by atomic mass is 35.5. The van der Waals surface area contributed by atoms with Gasteiger partial charge in [0.05, 0.1) is 13.2 Å². The van der Waals surface area contributed by atoms with E-state index in [1.807, 2.05) is 49.4 Å². The Labute approximate surface area is 124 Å². The van der Waals surface area contributed by atoms with Crippen LogP contribution in [-0.2, 0) is 11.8 Å². The van der Waals surface area contributed by atoms with Crippen LogP contribution in [0.1, 0.15) is 16.7 Å². The number of halogens is 1. The maximum absolute atomic E-state index is 9.87. The van der Waals surface area contributed by atoms with Crippen molar-refractivity contribution in [1.82, 2.24) is 0 Å². The first-order chi connectivity index (χ1) is 9.61. The number of benzene rings is 2. The average molecular weight is 291 g/mol. The van der Waals surface area contributed by atoms with Gasteiger partial charge in [-0.05, 0) is 42.2 Å². The second-order valence-corrected chi connectivity index (χ2v) is 5.65. The first-order valence-corrected chi connectivity index (χ1v) is 7.01. The Morgan fingerprint density at radius 3 is 2.30 bits per heavy atom. The summed E-state index contributed by atoms with van der Waals surface area (Å²) < 4.78 is 0. The molecule has 0 heterocycles. The molecule has 0 saturated carbocycles. The zero-order valence-electron chi connectivity index (χ0n) is 11.5. The van der Waals surface area contributed by atoms with Crippen molar-refractivity contribution >= 4 is 11.6 Å². The Bertz CT molecular complexity index is 577. The summed E-state index contributed by atoms with van der Waals surface area (Å²) in [4.78, 5) is 0. The molecule has 0 aliphatic carbocycles. The van der Waals surface area contributed by atoms with Crippen LogP contribution in [0.4, 0.5) is 0 Å². The van der Waals surface area contributed by atoms with Crippen LogP contribution in [0, 0.1) is 6.92 Å². The van der Waals surface area contributed by atoms with E-state index in [4.69, 9.17) is 11.6 Å². The van der Waals surface area contributed by atoms with E-state index in [-0.39, 0.29) is 13.2 Å². The normalized spacial score (nSPS) is 11.6. The third-order valence-electron chi connectivity index (χ3n) is 3.83. The van der Waals surface area contributed by atoms with Gasteiger partial charge in [-0.1, -0.05) is 48.0 Å². The third-order valence-corrected chi connectivity index (χ3v) is 4.07. The number of aryl methyl sites for hydroxylation is 1. The zero-order chi connectivity index (χ0) is 14.6. The predicted octanol–water partition coefficient (Wildman–Crippen LogP) is 3.11. The van der Waals surface area contributed by atoms with Crippen LogP contribution in [0.15, 0.2) is 48.5 Å². The summed E-state index contributed by atoms with van der Waals surface area (Å²) in [6.45, 7) is 1.78. The summed E-state index contributed by atoms with van der Waals surface area (Å²) in [6, 6.07) is 15.4. The minimum Gasteiger partial charge on any atom is -0.395 e. The molecule has 0 amide bonds. The Morgan fingerprint density at radius 2 is 1.70 bits per heavy atom. The molecule has 0 aromatic heterocycles. The minimum atomic E-state index is -0.711. The van der Waals surface area contributed by atoms with Crippen molar-refractivity contribution in [2.45, 2.75) is 18.8 Å². The standard InChI is InChI=1S/C17H19ClO2/c1-13-5-2-3-6-14(13)10-17(11-19,12-20)15-7-4-8-16(18)9-15/h2-9,19-20H,10-12H2,1H3. The monoisotopic (exact) mass is 290 g/mol. The largest absolute Gasteiger partial charge is 0.395 e. The van der Waals surface area contributed by atoms with Crippen LogP contribution in [0.25, 0.3) is 0 Å². The molecule has 20 heavy (non-hydrogen) atoms. The molecule has 2 aromatic rings. The first-order valence-electron chi connectivity index (χ1n) is 6.63. The molecule has 2 rings (SSSR count). The highest BCUT2D eigenvalue weighted by molar-refractivity contribution is 6.30. The van der Waals surface area contributed by atoms with Gasteiger partial charge in [-0.15, -0.1) is 0 Å². The number of aliphatic hydroxyl groups is 2. The molecule has 0 aliphatic heterocycles. The van der Waals surface area contributed by atoms with E-state index < -0.39 is 5.41 Å². The molecule has 0 atom stereocenters. The van der Waals surface area contributed by atoms with Crippen molar-refractivity contribution in [2.75, 3.05) is 13.2 Å². The smallest absolute Gasteiger partial charge is 0.0553 e. The van der Waals surface area contributed by atoms with E-state index in [9.17, 15) is 10.2 Å².